The van der Waals surface area contributed by atoms with E-state index >= 15 is 0 Å². The molecule has 6 nitrogen and oxygen atoms in total. The van der Waals surface area contributed by atoms with Crippen LogP contribution in [0, 0.1) is 3.95 Å². The Bertz CT molecular complexity index is 794. The highest BCUT2D eigenvalue weighted by Crippen LogP contribution is 2.28. The number of nitrogens with two attached hydrogens (primary N) is 1. The van der Waals surface area contributed by atoms with Crippen molar-refractivity contribution in [2.75, 3.05) is 24.8 Å². The fraction of sp³-hybridized carbons (Fsp3) is 0.375. The lowest BCUT2D eigenvalue weighted by atomic mass is 10.2. The van der Waals surface area contributed by atoms with E-state index in [2.05, 4.69) is 5.32 Å². The molecule has 1 fully saturated rings. The maximum Gasteiger partial charge on any atom is 0.269 e. The average Bonchev–Trinajstić information content (AvgIpc) is 3.19. The highest BCUT2D eigenvalue weighted by molar-refractivity contribution is 7.73. The minimum atomic E-state index is -0.292. The van der Waals surface area contributed by atoms with E-state index in [0.717, 1.165) is 19.4 Å². The summed E-state index contributed by atoms with van der Waals surface area (Å²) in [7, 11) is 1.56. The summed E-state index contributed by atoms with van der Waals surface area (Å²) in [4.78, 5) is 13.0. The smallest absolute Gasteiger partial charge is 0.269 e. The van der Waals surface area contributed by atoms with E-state index in [4.69, 9.17) is 27.4 Å². The number of aromatic nitrogens is 1. The fourth-order valence-corrected chi connectivity index (χ4v) is 3.91. The zero-order valence-electron chi connectivity index (χ0n) is 13.3. The zero-order chi connectivity index (χ0) is 17.1. The molecular formula is C16H19N3O3S2. The summed E-state index contributed by atoms with van der Waals surface area (Å²) < 4.78 is 13.2. The molecule has 0 unspecified atom stereocenters. The first-order chi connectivity index (χ1) is 11.6. The number of nitrogen functional groups attached to an aromatic ring is 1. The number of benzene rings is 1. The second-order valence-corrected chi connectivity index (χ2v) is 7.13. The maximum absolute atomic E-state index is 12.6. The molecular weight excluding hydrogens is 346 g/mol. The van der Waals surface area contributed by atoms with Crippen LogP contribution in [0.15, 0.2) is 24.3 Å². The molecule has 3 rings (SSSR count). The van der Waals surface area contributed by atoms with Crippen LogP contribution in [-0.4, -0.2) is 30.3 Å². The van der Waals surface area contributed by atoms with Crippen LogP contribution in [0.3, 0.4) is 0 Å². The second-order valence-electron chi connectivity index (χ2n) is 5.48. The molecule has 24 heavy (non-hydrogen) atoms. The number of methoxy groups -OCH3 is 1. The monoisotopic (exact) mass is 365 g/mol. The number of ether oxygens (including phenoxy) is 2. The van der Waals surface area contributed by atoms with Crippen molar-refractivity contribution in [3.63, 3.8) is 0 Å². The van der Waals surface area contributed by atoms with Gasteiger partial charge in [0, 0.05) is 6.61 Å². The number of anilines is 2. The van der Waals surface area contributed by atoms with Gasteiger partial charge in [0.05, 0.1) is 25.4 Å². The lowest BCUT2D eigenvalue weighted by Gasteiger charge is -2.12. The number of hydrogen-bond donors (Lipinski definition) is 2. The summed E-state index contributed by atoms with van der Waals surface area (Å²) in [5.74, 6) is 0.680. The minimum absolute atomic E-state index is 0.110. The van der Waals surface area contributed by atoms with Gasteiger partial charge in [-0.1, -0.05) is 23.5 Å². The molecule has 0 saturated carbocycles. The molecule has 0 radical (unpaired) electrons. The number of nitrogens with zero attached hydrogens (tertiary/aromatic N) is 1. The van der Waals surface area contributed by atoms with Crippen molar-refractivity contribution in [2.45, 2.75) is 25.5 Å². The molecule has 1 amide bonds. The lowest BCUT2D eigenvalue weighted by molar-refractivity contribution is 0.0970. The average molecular weight is 365 g/mol. The Labute approximate surface area is 149 Å². The highest BCUT2D eigenvalue weighted by Gasteiger charge is 2.22. The van der Waals surface area contributed by atoms with Crippen LogP contribution in [-0.2, 0) is 11.3 Å². The van der Waals surface area contributed by atoms with Gasteiger partial charge in [-0.3, -0.25) is 4.79 Å². The van der Waals surface area contributed by atoms with Crippen molar-refractivity contribution >= 4 is 41.0 Å². The van der Waals surface area contributed by atoms with Crippen molar-refractivity contribution in [3.8, 4) is 5.75 Å². The molecule has 0 bridgehead atoms. The Hall–Kier alpha value is -1.90. The quantitative estimate of drug-likeness (QED) is 0.795. The molecule has 1 aliphatic rings. The van der Waals surface area contributed by atoms with Crippen LogP contribution in [0.1, 0.15) is 22.5 Å². The van der Waals surface area contributed by atoms with Crippen molar-refractivity contribution in [2.24, 2.45) is 0 Å². The largest absolute Gasteiger partial charge is 0.495 e. The zero-order valence-corrected chi connectivity index (χ0v) is 14.9. The highest BCUT2D eigenvalue weighted by atomic mass is 32.1. The molecule has 2 aromatic rings. The predicted molar refractivity (Wildman–Crippen MR) is 97.5 cm³/mol. The first-order valence-electron chi connectivity index (χ1n) is 7.65. The topological polar surface area (TPSA) is 78.5 Å². The number of thiazole rings is 1. The van der Waals surface area contributed by atoms with Crippen LogP contribution in [0.2, 0.25) is 0 Å². The normalized spacial score (nSPS) is 17.0. The van der Waals surface area contributed by atoms with E-state index in [1.807, 2.05) is 12.1 Å². The predicted octanol–water partition coefficient (Wildman–Crippen LogP) is 3.30. The molecule has 3 N–H and O–H groups in total. The Morgan fingerprint density at radius 1 is 1.54 bits per heavy atom. The Balaban J connectivity index is 1.81. The molecule has 1 aromatic carbocycles. The van der Waals surface area contributed by atoms with Gasteiger partial charge in [0.1, 0.15) is 16.4 Å². The van der Waals surface area contributed by atoms with Gasteiger partial charge in [-0.25, -0.2) is 0 Å². The molecule has 0 aliphatic carbocycles. The van der Waals surface area contributed by atoms with Crippen LogP contribution in [0.5, 0.6) is 5.75 Å². The molecule has 8 heteroatoms. The van der Waals surface area contributed by atoms with Gasteiger partial charge in [-0.05, 0) is 37.2 Å². The molecule has 1 saturated heterocycles. The number of nitrogens with one attached hydrogen (secondary N) is 1. The van der Waals surface area contributed by atoms with E-state index in [-0.39, 0.29) is 12.0 Å². The third kappa shape index (κ3) is 3.45. The molecule has 0 spiro atoms. The Morgan fingerprint density at radius 2 is 2.33 bits per heavy atom. The van der Waals surface area contributed by atoms with Crippen molar-refractivity contribution < 1.29 is 14.3 Å². The van der Waals surface area contributed by atoms with Gasteiger partial charge in [0.25, 0.3) is 5.91 Å². The molecule has 1 atom stereocenters. The number of para-hydroxylation sites is 2. The van der Waals surface area contributed by atoms with Crippen LogP contribution >= 0.6 is 23.6 Å². The number of rotatable bonds is 5. The van der Waals surface area contributed by atoms with E-state index < -0.39 is 0 Å². The maximum atomic E-state index is 12.6. The van der Waals surface area contributed by atoms with Crippen LogP contribution in [0.4, 0.5) is 11.5 Å². The SMILES string of the molecule is COc1ccccc1NC(=O)c1sc(=S)n(C[C@H]2CCCO2)c1N. The minimum Gasteiger partial charge on any atom is -0.495 e. The van der Waals surface area contributed by atoms with Gasteiger partial charge in [0.2, 0.25) is 0 Å². The second kappa shape index (κ2) is 7.33. The van der Waals surface area contributed by atoms with Crippen LogP contribution < -0.4 is 15.8 Å². The van der Waals surface area contributed by atoms with Gasteiger partial charge in [-0.2, -0.15) is 0 Å². The third-order valence-electron chi connectivity index (χ3n) is 3.90. The van der Waals surface area contributed by atoms with Crippen molar-refractivity contribution in [3.05, 3.63) is 33.1 Å². The van der Waals surface area contributed by atoms with E-state index in [9.17, 15) is 4.79 Å². The summed E-state index contributed by atoms with van der Waals surface area (Å²) in [5, 5.41) is 2.83. The van der Waals surface area contributed by atoms with Gasteiger partial charge >= 0.3 is 0 Å². The molecule has 128 valence electrons. The summed E-state index contributed by atoms with van der Waals surface area (Å²) in [5.41, 5.74) is 6.76. The first-order valence-corrected chi connectivity index (χ1v) is 8.87. The van der Waals surface area contributed by atoms with Crippen molar-refractivity contribution in [1.29, 1.82) is 0 Å². The third-order valence-corrected chi connectivity index (χ3v) is 5.37. The van der Waals surface area contributed by atoms with E-state index in [1.165, 1.54) is 11.3 Å². The van der Waals surface area contributed by atoms with Gasteiger partial charge in [-0.15, -0.1) is 0 Å². The van der Waals surface area contributed by atoms with Gasteiger partial charge in [0.15, 0.2) is 3.95 Å². The Kier molecular flexibility index (Phi) is 5.17. The van der Waals surface area contributed by atoms with Crippen LogP contribution in [0.25, 0.3) is 0 Å². The fourth-order valence-electron chi connectivity index (χ4n) is 2.67. The number of hydrogen-bond acceptors (Lipinski definition) is 6. The van der Waals surface area contributed by atoms with E-state index in [1.54, 1.807) is 23.8 Å². The lowest BCUT2D eigenvalue weighted by Crippen LogP contribution is -2.18. The summed E-state index contributed by atoms with van der Waals surface area (Å²) >= 11 is 6.58. The number of amides is 1. The summed E-state index contributed by atoms with van der Waals surface area (Å²) in [6.07, 6.45) is 2.14. The number of carbonyl (C=O) groups is 1. The first kappa shape index (κ1) is 16.9. The van der Waals surface area contributed by atoms with Gasteiger partial charge < -0.3 is 25.1 Å². The van der Waals surface area contributed by atoms with Crippen molar-refractivity contribution in [1.82, 2.24) is 4.57 Å². The summed E-state index contributed by atoms with van der Waals surface area (Å²) in [6.45, 7) is 1.35. The number of carbonyl (C=O) groups excluding carboxylic acids is 1. The molecule has 1 aromatic heterocycles. The van der Waals surface area contributed by atoms with E-state index in [0.29, 0.717) is 32.6 Å². The Morgan fingerprint density at radius 3 is 3.04 bits per heavy atom. The molecule has 1 aliphatic heterocycles. The summed E-state index contributed by atoms with van der Waals surface area (Å²) in [6, 6.07) is 7.22. The molecule has 2 heterocycles. The standard InChI is InChI=1S/C16H19N3O3S2/c1-21-12-7-3-2-6-11(12)18-15(20)13-14(17)19(16(23)24-13)9-10-5-4-8-22-10/h2-3,6-7,10H,4-5,8-9,17H2,1H3,(H,18,20)/t10-/m1/s1.